The van der Waals surface area contributed by atoms with Gasteiger partial charge < -0.3 is 11.5 Å². The maximum atomic E-state index is 10.6. The summed E-state index contributed by atoms with van der Waals surface area (Å²) in [5.74, 6) is -0.262. The van der Waals surface area contributed by atoms with Crippen LogP contribution in [-0.2, 0) is 10.3 Å². The van der Waals surface area contributed by atoms with Gasteiger partial charge >= 0.3 is 0 Å². The van der Waals surface area contributed by atoms with Crippen LogP contribution in [0.15, 0.2) is 20.4 Å². The third-order valence-electron chi connectivity index (χ3n) is 1.12. The van der Waals surface area contributed by atoms with Gasteiger partial charge in [-0.15, -0.1) is 10.2 Å². The highest BCUT2D eigenvalue weighted by molar-refractivity contribution is 7.74. The molecule has 0 aliphatic carbocycles. The monoisotopic (exact) mass is 202 g/mol. The van der Waals surface area contributed by atoms with Crippen molar-refractivity contribution in [2.75, 3.05) is 0 Å². The third-order valence-corrected chi connectivity index (χ3v) is 1.82. The van der Waals surface area contributed by atoms with E-state index in [0.29, 0.717) is 0 Å². The Kier molecular flexibility index (Phi) is 2.69. The second kappa shape index (κ2) is 3.76. The number of nitrogens with two attached hydrogens (primary N) is 2. The van der Waals surface area contributed by atoms with Gasteiger partial charge in [0.2, 0.25) is 16.5 Å². The summed E-state index contributed by atoms with van der Waals surface area (Å²) >= 11 is 0. The zero-order valence-electron chi connectivity index (χ0n) is 6.32. The zero-order valence-corrected chi connectivity index (χ0v) is 7.14. The normalized spacial score (nSPS) is 20.0. The number of rotatable bonds is 1. The predicted molar refractivity (Wildman–Crippen MR) is 46.9 cm³/mol. The predicted octanol–water partition coefficient (Wildman–Crippen LogP) is -1.91. The number of aliphatic imine (C=N–C) groups is 1. The molecule has 0 fully saturated rings. The summed E-state index contributed by atoms with van der Waals surface area (Å²) < 4.78 is 21.1. The van der Waals surface area contributed by atoms with E-state index in [1.54, 1.807) is 0 Å². The van der Waals surface area contributed by atoms with Gasteiger partial charge in [-0.3, -0.25) is 0 Å². The van der Waals surface area contributed by atoms with E-state index in [-0.39, 0.29) is 10.8 Å². The Balaban J connectivity index is 3.12. The lowest BCUT2D eigenvalue weighted by Gasteiger charge is -2.04. The van der Waals surface area contributed by atoms with Crippen LogP contribution in [0.25, 0.3) is 0 Å². The molecule has 1 aliphatic rings. The maximum absolute atomic E-state index is 10.6. The molecule has 1 rings (SSSR count). The van der Waals surface area contributed by atoms with Crippen LogP contribution in [0.1, 0.15) is 0 Å². The molecule has 0 spiro atoms. The summed E-state index contributed by atoms with van der Waals surface area (Å²) in [5, 5.41) is 9.94. The van der Waals surface area contributed by atoms with Crippen molar-refractivity contribution in [3.8, 4) is 0 Å². The molecule has 8 nitrogen and oxygen atoms in total. The second-order valence-electron chi connectivity index (χ2n) is 2.01. The summed E-state index contributed by atoms with van der Waals surface area (Å²) in [5.41, 5.74) is 10.1. The summed E-state index contributed by atoms with van der Waals surface area (Å²) in [6.07, 6.45) is 0.0218. The molecule has 0 amide bonds. The minimum Gasteiger partial charge on any atom is -0.370 e. The molecule has 0 saturated heterocycles. The van der Waals surface area contributed by atoms with Crippen molar-refractivity contribution in [1.82, 2.24) is 0 Å². The Morgan fingerprint density at radius 3 is 2.77 bits per heavy atom. The summed E-state index contributed by atoms with van der Waals surface area (Å²) in [6, 6.07) is 0. The van der Waals surface area contributed by atoms with Crippen LogP contribution in [0.3, 0.4) is 0 Å². The molecule has 13 heavy (non-hydrogen) atoms. The largest absolute Gasteiger partial charge is 0.370 e. The van der Waals surface area contributed by atoms with E-state index in [9.17, 15) is 8.42 Å². The molecular weight excluding hydrogens is 196 g/mol. The van der Waals surface area contributed by atoms with Gasteiger partial charge in [-0.2, -0.15) is 8.42 Å². The average molecular weight is 202 g/mol. The highest BCUT2D eigenvalue weighted by Gasteiger charge is 2.17. The highest BCUT2D eigenvalue weighted by Crippen LogP contribution is 2.01. The van der Waals surface area contributed by atoms with Gasteiger partial charge in [-0.05, 0) is 5.22 Å². The van der Waals surface area contributed by atoms with E-state index < -0.39 is 16.5 Å². The Hall–Kier alpha value is -1.77. The van der Waals surface area contributed by atoms with Crippen molar-refractivity contribution in [3.05, 3.63) is 0 Å². The second-order valence-corrected chi connectivity index (χ2v) is 2.96. The molecule has 9 heteroatoms. The van der Waals surface area contributed by atoms with Crippen LogP contribution in [0.2, 0.25) is 0 Å². The van der Waals surface area contributed by atoms with Gasteiger partial charge in [0.15, 0.2) is 5.96 Å². The number of nitrogens with zero attached hydrogens (tertiary/aromatic N) is 4. The van der Waals surface area contributed by atoms with Gasteiger partial charge in [0.05, 0.1) is 6.21 Å². The summed E-state index contributed by atoms with van der Waals surface area (Å²) in [7, 11) is -2.45. The number of guanidine groups is 1. The average Bonchev–Trinajstić information content (AvgIpc) is 2.03. The van der Waals surface area contributed by atoms with E-state index in [1.807, 2.05) is 0 Å². The molecule has 1 unspecified atom stereocenters. The fourth-order valence-electron chi connectivity index (χ4n) is 0.645. The lowest BCUT2D eigenvalue weighted by Crippen LogP contribution is -2.29. The third kappa shape index (κ3) is 2.33. The Morgan fingerprint density at radius 2 is 2.23 bits per heavy atom. The van der Waals surface area contributed by atoms with E-state index in [4.69, 9.17) is 11.5 Å². The lowest BCUT2D eigenvalue weighted by molar-refractivity contribution is 0.626. The van der Waals surface area contributed by atoms with E-state index in [0.717, 1.165) is 6.21 Å². The molecule has 1 aliphatic heterocycles. The first-order chi connectivity index (χ1) is 6.11. The van der Waals surface area contributed by atoms with Crippen LogP contribution in [0.4, 0.5) is 0 Å². The molecule has 0 aromatic heterocycles. The van der Waals surface area contributed by atoms with Crippen LogP contribution < -0.4 is 11.5 Å². The van der Waals surface area contributed by atoms with Gasteiger partial charge in [0.25, 0.3) is 0 Å². The molecular formula is C4H6N6O2S. The Labute approximate surface area is 74.6 Å². The SMILES string of the molecule is NC(N)=NC1N=NN=CC1=S(=O)=O. The topological polar surface area (TPSA) is 136 Å². The van der Waals surface area contributed by atoms with Crippen LogP contribution >= 0.6 is 0 Å². The van der Waals surface area contributed by atoms with Crippen molar-refractivity contribution in [1.29, 1.82) is 0 Å². The maximum Gasteiger partial charge on any atom is 0.223 e. The quantitative estimate of drug-likeness (QED) is 0.291. The van der Waals surface area contributed by atoms with E-state index in [1.165, 1.54) is 0 Å². The first kappa shape index (κ1) is 9.32. The fourth-order valence-corrected chi connectivity index (χ4v) is 1.05. The van der Waals surface area contributed by atoms with Crippen LogP contribution in [0, 0.1) is 0 Å². The van der Waals surface area contributed by atoms with Crippen molar-refractivity contribution >= 4 is 27.3 Å². The number of hydrogen-bond donors (Lipinski definition) is 2. The van der Waals surface area contributed by atoms with E-state index in [2.05, 4.69) is 20.4 Å². The molecule has 1 heterocycles. The van der Waals surface area contributed by atoms with Crippen molar-refractivity contribution in [2.45, 2.75) is 6.17 Å². The minimum atomic E-state index is -2.45. The van der Waals surface area contributed by atoms with Gasteiger partial charge in [0, 0.05) is 0 Å². The van der Waals surface area contributed by atoms with Gasteiger partial charge in [-0.1, -0.05) is 0 Å². The standard InChI is InChI=1S/C4H6N6O2S/c5-4(6)8-3-2(13(11)12)1-7-10-9-3/h1,3H,(H4,5,6,8). The molecule has 0 aromatic carbocycles. The van der Waals surface area contributed by atoms with Crippen molar-refractivity contribution in [3.63, 3.8) is 0 Å². The van der Waals surface area contributed by atoms with E-state index >= 15 is 0 Å². The Morgan fingerprint density at radius 1 is 1.54 bits per heavy atom. The zero-order chi connectivity index (χ0) is 9.84. The summed E-state index contributed by atoms with van der Waals surface area (Å²) in [4.78, 5) is 3.41. The lowest BCUT2D eigenvalue weighted by atomic mass is 10.4. The first-order valence-electron chi connectivity index (χ1n) is 3.09. The van der Waals surface area contributed by atoms with Gasteiger partial charge in [-0.25, -0.2) is 4.99 Å². The molecule has 4 N–H and O–H groups in total. The molecule has 0 radical (unpaired) electrons. The van der Waals surface area contributed by atoms with Crippen molar-refractivity contribution < 1.29 is 8.42 Å². The number of hydrogen-bond acceptors (Lipinski definition) is 6. The molecule has 0 saturated carbocycles. The van der Waals surface area contributed by atoms with Crippen LogP contribution in [0.5, 0.6) is 0 Å². The van der Waals surface area contributed by atoms with Crippen LogP contribution in [-0.4, -0.2) is 31.6 Å². The van der Waals surface area contributed by atoms with Gasteiger partial charge in [0.1, 0.15) is 4.86 Å². The molecule has 0 aromatic rings. The molecule has 0 bridgehead atoms. The molecule has 70 valence electrons. The highest BCUT2D eigenvalue weighted by atomic mass is 32.2. The van der Waals surface area contributed by atoms with Crippen molar-refractivity contribution in [2.24, 2.45) is 31.9 Å². The fraction of sp³-hybridized carbons (Fsp3) is 0.250. The first-order valence-corrected chi connectivity index (χ1v) is 4.17. The Bertz CT molecular complexity index is 406. The smallest absolute Gasteiger partial charge is 0.223 e. The molecule has 1 atom stereocenters. The minimum absolute atomic E-state index is 0.122. The summed E-state index contributed by atoms with van der Waals surface area (Å²) in [6.45, 7) is 0.